The van der Waals surface area contributed by atoms with E-state index in [1.165, 1.54) is 0 Å². The van der Waals surface area contributed by atoms with Crippen LogP contribution in [0.5, 0.6) is 11.5 Å². The summed E-state index contributed by atoms with van der Waals surface area (Å²) in [7, 11) is 0. The predicted octanol–water partition coefficient (Wildman–Crippen LogP) is 4.01. The van der Waals surface area contributed by atoms with Gasteiger partial charge in [-0.3, -0.25) is 4.79 Å². The molecule has 2 aromatic rings. The second-order valence-corrected chi connectivity index (χ2v) is 5.67. The standard InChI is InChI=1S/C17H15BrO3/c1-2-11-5-3-4-6-12(11)17(19)13-9-15-16(10-14(13)18)21-8-7-20-15/h3-6,9-10H,2,7-8H2,1H3. The molecule has 1 aliphatic heterocycles. The van der Waals surface area contributed by atoms with Gasteiger partial charge in [0.25, 0.3) is 0 Å². The molecular formula is C17H15BrO3. The minimum atomic E-state index is -0.00343. The molecule has 4 heteroatoms. The zero-order chi connectivity index (χ0) is 14.8. The van der Waals surface area contributed by atoms with Crippen LogP contribution in [0, 0.1) is 0 Å². The molecule has 0 aromatic heterocycles. The first kappa shape index (κ1) is 14.1. The monoisotopic (exact) mass is 346 g/mol. The Bertz CT molecular complexity index is 694. The van der Waals surface area contributed by atoms with Crippen LogP contribution in [0.3, 0.4) is 0 Å². The molecule has 2 aromatic carbocycles. The predicted molar refractivity (Wildman–Crippen MR) is 84.4 cm³/mol. The average molecular weight is 347 g/mol. The summed E-state index contributed by atoms with van der Waals surface area (Å²) in [5.74, 6) is 1.30. The summed E-state index contributed by atoms with van der Waals surface area (Å²) in [6.45, 7) is 3.09. The van der Waals surface area contributed by atoms with Crippen LogP contribution in [0.25, 0.3) is 0 Å². The number of benzene rings is 2. The van der Waals surface area contributed by atoms with Gasteiger partial charge in [0.2, 0.25) is 0 Å². The smallest absolute Gasteiger partial charge is 0.194 e. The van der Waals surface area contributed by atoms with Crippen molar-refractivity contribution in [1.82, 2.24) is 0 Å². The molecule has 0 radical (unpaired) electrons. The minimum absolute atomic E-state index is 0.00343. The number of hydrogen-bond acceptors (Lipinski definition) is 3. The zero-order valence-corrected chi connectivity index (χ0v) is 13.3. The number of rotatable bonds is 3. The number of carbonyl (C=O) groups is 1. The Morgan fingerprint density at radius 1 is 1.10 bits per heavy atom. The van der Waals surface area contributed by atoms with Crippen LogP contribution >= 0.6 is 15.9 Å². The summed E-state index contributed by atoms with van der Waals surface area (Å²) >= 11 is 3.46. The molecule has 0 fully saturated rings. The van der Waals surface area contributed by atoms with E-state index < -0.39 is 0 Å². The molecule has 0 spiro atoms. The van der Waals surface area contributed by atoms with Crippen molar-refractivity contribution in [1.29, 1.82) is 0 Å². The maximum absolute atomic E-state index is 12.8. The maximum atomic E-state index is 12.8. The topological polar surface area (TPSA) is 35.5 Å². The molecule has 0 unspecified atom stereocenters. The number of ketones is 1. The molecule has 108 valence electrons. The third-order valence-corrected chi connectivity index (χ3v) is 4.18. The molecule has 0 atom stereocenters. The Balaban J connectivity index is 2.05. The van der Waals surface area contributed by atoms with Crippen LogP contribution in [0.2, 0.25) is 0 Å². The molecule has 3 rings (SSSR count). The van der Waals surface area contributed by atoms with Gasteiger partial charge in [0.15, 0.2) is 17.3 Å². The number of aryl methyl sites for hydroxylation is 1. The Morgan fingerprint density at radius 2 is 1.76 bits per heavy atom. The second kappa shape index (κ2) is 5.90. The third kappa shape index (κ3) is 2.68. The van der Waals surface area contributed by atoms with Crippen LogP contribution in [0.4, 0.5) is 0 Å². The zero-order valence-electron chi connectivity index (χ0n) is 11.7. The van der Waals surface area contributed by atoms with Crippen LogP contribution in [0.1, 0.15) is 28.4 Å². The fourth-order valence-electron chi connectivity index (χ4n) is 2.43. The van der Waals surface area contributed by atoms with Gasteiger partial charge >= 0.3 is 0 Å². The molecule has 0 N–H and O–H groups in total. The van der Waals surface area contributed by atoms with E-state index in [1.807, 2.05) is 31.2 Å². The highest BCUT2D eigenvalue weighted by Gasteiger charge is 2.20. The van der Waals surface area contributed by atoms with Gasteiger partial charge in [-0.2, -0.15) is 0 Å². The number of ether oxygens (including phenoxy) is 2. The Kier molecular flexibility index (Phi) is 3.97. The van der Waals surface area contributed by atoms with E-state index in [2.05, 4.69) is 15.9 Å². The van der Waals surface area contributed by atoms with Gasteiger partial charge in [-0.15, -0.1) is 0 Å². The van der Waals surface area contributed by atoms with Gasteiger partial charge in [0, 0.05) is 15.6 Å². The van der Waals surface area contributed by atoms with Crippen LogP contribution in [-0.4, -0.2) is 19.0 Å². The summed E-state index contributed by atoms with van der Waals surface area (Å²) in [5, 5.41) is 0. The second-order valence-electron chi connectivity index (χ2n) is 4.82. The van der Waals surface area contributed by atoms with E-state index in [4.69, 9.17) is 9.47 Å². The van der Waals surface area contributed by atoms with Gasteiger partial charge < -0.3 is 9.47 Å². The SMILES string of the molecule is CCc1ccccc1C(=O)c1cc2c(cc1Br)OCCO2. The summed E-state index contributed by atoms with van der Waals surface area (Å²) in [6, 6.07) is 11.2. The van der Waals surface area contributed by atoms with Gasteiger partial charge in [-0.05, 0) is 40.0 Å². The number of halogens is 1. The number of carbonyl (C=O) groups excluding carboxylic acids is 1. The molecule has 0 saturated heterocycles. The molecule has 1 heterocycles. The van der Waals surface area contributed by atoms with Crippen molar-refractivity contribution in [2.24, 2.45) is 0 Å². The highest BCUT2D eigenvalue weighted by atomic mass is 79.9. The average Bonchev–Trinajstić information content (AvgIpc) is 2.53. The van der Waals surface area contributed by atoms with Crippen LogP contribution in [0.15, 0.2) is 40.9 Å². The lowest BCUT2D eigenvalue weighted by atomic mass is 9.97. The molecule has 0 aliphatic carbocycles. The normalized spacial score (nSPS) is 13.0. The van der Waals surface area contributed by atoms with Crippen molar-refractivity contribution in [2.45, 2.75) is 13.3 Å². The summed E-state index contributed by atoms with van der Waals surface area (Å²) in [6.07, 6.45) is 0.823. The van der Waals surface area contributed by atoms with Crippen LogP contribution < -0.4 is 9.47 Å². The van der Waals surface area contributed by atoms with Crippen molar-refractivity contribution < 1.29 is 14.3 Å². The lowest BCUT2D eigenvalue weighted by Crippen LogP contribution is -2.16. The van der Waals surface area contributed by atoms with E-state index >= 15 is 0 Å². The molecular weight excluding hydrogens is 332 g/mol. The first-order chi connectivity index (χ1) is 10.2. The molecule has 0 amide bonds. The summed E-state index contributed by atoms with van der Waals surface area (Å²) < 4.78 is 11.8. The molecule has 1 aliphatic rings. The number of fused-ring (bicyclic) bond motifs is 1. The van der Waals surface area contributed by atoms with E-state index in [0.29, 0.717) is 30.3 Å². The molecule has 0 bridgehead atoms. The lowest BCUT2D eigenvalue weighted by Gasteiger charge is -2.20. The van der Waals surface area contributed by atoms with Crippen LogP contribution in [-0.2, 0) is 6.42 Å². The minimum Gasteiger partial charge on any atom is -0.486 e. The fraction of sp³-hybridized carbons (Fsp3) is 0.235. The summed E-state index contributed by atoms with van der Waals surface area (Å²) in [5.41, 5.74) is 2.38. The highest BCUT2D eigenvalue weighted by molar-refractivity contribution is 9.10. The van der Waals surface area contributed by atoms with Gasteiger partial charge in [0.05, 0.1) is 0 Å². The lowest BCUT2D eigenvalue weighted by molar-refractivity contribution is 0.103. The molecule has 0 saturated carbocycles. The Labute approximate surface area is 132 Å². The molecule has 3 nitrogen and oxygen atoms in total. The Hall–Kier alpha value is -1.81. The van der Waals surface area contributed by atoms with E-state index in [-0.39, 0.29) is 5.78 Å². The highest BCUT2D eigenvalue weighted by Crippen LogP contribution is 2.36. The summed E-state index contributed by atoms with van der Waals surface area (Å²) in [4.78, 5) is 12.8. The quantitative estimate of drug-likeness (QED) is 0.787. The third-order valence-electron chi connectivity index (χ3n) is 3.52. The van der Waals surface area contributed by atoms with Crippen molar-refractivity contribution in [3.05, 3.63) is 57.6 Å². The van der Waals surface area contributed by atoms with Gasteiger partial charge in [-0.1, -0.05) is 31.2 Å². The largest absolute Gasteiger partial charge is 0.486 e. The van der Waals surface area contributed by atoms with Crippen molar-refractivity contribution >= 4 is 21.7 Å². The fourth-order valence-corrected chi connectivity index (χ4v) is 2.94. The van der Waals surface area contributed by atoms with Gasteiger partial charge in [-0.25, -0.2) is 0 Å². The van der Waals surface area contributed by atoms with Crippen molar-refractivity contribution in [3.63, 3.8) is 0 Å². The van der Waals surface area contributed by atoms with Crippen molar-refractivity contribution in [3.8, 4) is 11.5 Å². The van der Waals surface area contributed by atoms with Crippen molar-refractivity contribution in [2.75, 3.05) is 13.2 Å². The number of hydrogen-bond donors (Lipinski definition) is 0. The molecule has 21 heavy (non-hydrogen) atoms. The van der Waals surface area contributed by atoms with E-state index in [9.17, 15) is 4.79 Å². The maximum Gasteiger partial charge on any atom is 0.194 e. The first-order valence-electron chi connectivity index (χ1n) is 6.92. The van der Waals surface area contributed by atoms with E-state index in [0.717, 1.165) is 22.0 Å². The van der Waals surface area contributed by atoms with E-state index in [1.54, 1.807) is 12.1 Å². The van der Waals surface area contributed by atoms with Gasteiger partial charge in [0.1, 0.15) is 13.2 Å². The first-order valence-corrected chi connectivity index (χ1v) is 7.71. The Morgan fingerprint density at radius 3 is 2.48 bits per heavy atom.